The molecule has 0 bridgehead atoms. The van der Waals surface area contributed by atoms with Crippen LogP contribution in [-0.2, 0) is 10.0 Å². The second kappa shape index (κ2) is 10.1. The Morgan fingerprint density at radius 1 is 0.967 bits per heavy atom. The van der Waals surface area contributed by atoms with E-state index in [4.69, 9.17) is 9.47 Å². The quantitative estimate of drug-likeness (QED) is 0.449. The van der Waals surface area contributed by atoms with E-state index < -0.39 is 10.0 Å². The van der Waals surface area contributed by atoms with E-state index in [2.05, 4.69) is 20.2 Å². The fourth-order valence-electron chi connectivity index (χ4n) is 2.73. The van der Waals surface area contributed by atoms with E-state index in [1.807, 2.05) is 42.1 Å². The first-order chi connectivity index (χ1) is 14.5. The molecule has 0 saturated carbocycles. The number of anilines is 1. The van der Waals surface area contributed by atoms with Gasteiger partial charge in [-0.05, 0) is 50.2 Å². The van der Waals surface area contributed by atoms with Crippen LogP contribution in [0.15, 0.2) is 59.8 Å². The Morgan fingerprint density at radius 2 is 1.73 bits per heavy atom. The zero-order valence-electron chi connectivity index (χ0n) is 16.9. The van der Waals surface area contributed by atoms with Crippen molar-refractivity contribution in [3.05, 3.63) is 54.9 Å². The number of sulfonamides is 1. The van der Waals surface area contributed by atoms with Gasteiger partial charge < -0.3 is 19.4 Å². The Labute approximate surface area is 176 Å². The standard InChI is InChI=1S/C20H25N5O4S/c1-3-28-16-7-8-17(29-4-2)18(15-16)30(26,27)22-12-11-21-19-9-10-20(24-23-19)25-13-5-6-14-25/h5-10,13-15,22H,3-4,11-12H2,1-2H3,(H,21,23). The van der Waals surface area contributed by atoms with E-state index in [1.54, 1.807) is 25.1 Å². The third-order valence-corrected chi connectivity index (χ3v) is 5.54. The fourth-order valence-corrected chi connectivity index (χ4v) is 3.92. The van der Waals surface area contributed by atoms with Crippen molar-refractivity contribution >= 4 is 15.8 Å². The van der Waals surface area contributed by atoms with E-state index in [0.29, 0.717) is 37.1 Å². The minimum atomic E-state index is -3.78. The lowest BCUT2D eigenvalue weighted by atomic mass is 10.3. The molecule has 0 aliphatic carbocycles. The van der Waals surface area contributed by atoms with E-state index in [-0.39, 0.29) is 17.2 Å². The third kappa shape index (κ3) is 5.49. The summed E-state index contributed by atoms with van der Waals surface area (Å²) >= 11 is 0. The summed E-state index contributed by atoms with van der Waals surface area (Å²) in [4.78, 5) is 0.0474. The molecule has 0 aliphatic rings. The number of ether oxygens (including phenoxy) is 2. The van der Waals surface area contributed by atoms with Gasteiger partial charge in [-0.15, -0.1) is 10.2 Å². The number of aromatic nitrogens is 3. The molecule has 0 unspecified atom stereocenters. The number of nitrogens with zero attached hydrogens (tertiary/aromatic N) is 3. The van der Waals surface area contributed by atoms with Crippen molar-refractivity contribution < 1.29 is 17.9 Å². The van der Waals surface area contributed by atoms with Crippen LogP contribution < -0.4 is 19.5 Å². The van der Waals surface area contributed by atoms with Gasteiger partial charge in [0.05, 0.1) is 13.2 Å². The molecular formula is C20H25N5O4S. The Balaban J connectivity index is 1.59. The molecule has 1 aromatic carbocycles. The summed E-state index contributed by atoms with van der Waals surface area (Å²) in [5.74, 6) is 2.01. The van der Waals surface area contributed by atoms with Gasteiger partial charge in [0.1, 0.15) is 22.2 Å². The first-order valence-corrected chi connectivity index (χ1v) is 11.1. The van der Waals surface area contributed by atoms with Crippen LogP contribution in [0.1, 0.15) is 13.8 Å². The van der Waals surface area contributed by atoms with Gasteiger partial charge in [0.2, 0.25) is 10.0 Å². The van der Waals surface area contributed by atoms with Crippen molar-refractivity contribution in [1.82, 2.24) is 19.5 Å². The summed E-state index contributed by atoms with van der Waals surface area (Å²) < 4.78 is 40.8. The van der Waals surface area contributed by atoms with Crippen molar-refractivity contribution in [2.45, 2.75) is 18.7 Å². The molecule has 9 nitrogen and oxygen atoms in total. The largest absolute Gasteiger partial charge is 0.494 e. The molecule has 2 heterocycles. The highest BCUT2D eigenvalue weighted by molar-refractivity contribution is 7.89. The summed E-state index contributed by atoms with van der Waals surface area (Å²) in [6.45, 7) is 4.93. The maximum absolute atomic E-state index is 12.8. The van der Waals surface area contributed by atoms with Crippen LogP contribution in [0.4, 0.5) is 5.82 Å². The Kier molecular flexibility index (Phi) is 7.26. The topological polar surface area (TPSA) is 107 Å². The molecule has 160 valence electrons. The van der Waals surface area contributed by atoms with E-state index in [0.717, 1.165) is 0 Å². The molecule has 2 aromatic heterocycles. The second-order valence-corrected chi connectivity index (χ2v) is 7.90. The lowest BCUT2D eigenvalue weighted by molar-refractivity contribution is 0.322. The van der Waals surface area contributed by atoms with Gasteiger partial charge in [-0.1, -0.05) is 0 Å². The lowest BCUT2D eigenvalue weighted by Crippen LogP contribution is -2.29. The number of hydrogen-bond donors (Lipinski definition) is 2. The summed E-state index contributed by atoms with van der Waals surface area (Å²) in [7, 11) is -3.78. The highest BCUT2D eigenvalue weighted by atomic mass is 32.2. The van der Waals surface area contributed by atoms with Crippen molar-refractivity contribution in [1.29, 1.82) is 0 Å². The zero-order chi connectivity index (χ0) is 21.4. The van der Waals surface area contributed by atoms with Gasteiger partial charge in [0.25, 0.3) is 0 Å². The molecule has 0 aliphatic heterocycles. The molecular weight excluding hydrogens is 406 g/mol. The minimum absolute atomic E-state index is 0.0474. The zero-order valence-corrected chi connectivity index (χ0v) is 17.7. The Morgan fingerprint density at radius 3 is 2.40 bits per heavy atom. The van der Waals surface area contributed by atoms with Crippen LogP contribution in [0, 0.1) is 0 Å². The highest BCUT2D eigenvalue weighted by Gasteiger charge is 2.20. The predicted octanol–water partition coefficient (Wildman–Crippen LogP) is 2.46. The first kappa shape index (κ1) is 21.6. The fraction of sp³-hybridized carbons (Fsp3) is 0.300. The molecule has 2 N–H and O–H groups in total. The Bertz CT molecular complexity index is 1040. The monoisotopic (exact) mass is 431 g/mol. The summed E-state index contributed by atoms with van der Waals surface area (Å²) in [5.41, 5.74) is 0. The predicted molar refractivity (Wildman–Crippen MR) is 114 cm³/mol. The molecule has 30 heavy (non-hydrogen) atoms. The molecule has 0 saturated heterocycles. The smallest absolute Gasteiger partial charge is 0.244 e. The van der Waals surface area contributed by atoms with Gasteiger partial charge in [-0.3, -0.25) is 0 Å². The lowest BCUT2D eigenvalue weighted by Gasteiger charge is -2.14. The molecule has 0 fully saturated rings. The van der Waals surface area contributed by atoms with Crippen molar-refractivity contribution in [2.75, 3.05) is 31.6 Å². The molecule has 0 amide bonds. The highest BCUT2D eigenvalue weighted by Crippen LogP contribution is 2.28. The first-order valence-electron chi connectivity index (χ1n) is 9.63. The van der Waals surface area contributed by atoms with Crippen LogP contribution in [0.2, 0.25) is 0 Å². The maximum atomic E-state index is 12.8. The minimum Gasteiger partial charge on any atom is -0.494 e. The average Bonchev–Trinajstić information content (AvgIpc) is 3.28. The Hall–Kier alpha value is -3.11. The van der Waals surface area contributed by atoms with Gasteiger partial charge >= 0.3 is 0 Å². The molecule has 3 rings (SSSR count). The molecule has 0 atom stereocenters. The second-order valence-electron chi connectivity index (χ2n) is 6.17. The maximum Gasteiger partial charge on any atom is 0.244 e. The van der Waals surface area contributed by atoms with Crippen LogP contribution in [-0.4, -0.2) is 49.5 Å². The summed E-state index contributed by atoms with van der Waals surface area (Å²) in [6, 6.07) is 12.2. The number of rotatable bonds is 11. The molecule has 3 aromatic rings. The van der Waals surface area contributed by atoms with Gasteiger partial charge in [0.15, 0.2) is 5.82 Å². The normalized spacial score (nSPS) is 11.3. The molecule has 0 radical (unpaired) electrons. The number of benzene rings is 1. The van der Waals surface area contributed by atoms with Crippen LogP contribution in [0.3, 0.4) is 0 Å². The van der Waals surface area contributed by atoms with Crippen LogP contribution >= 0.6 is 0 Å². The van der Waals surface area contributed by atoms with Crippen molar-refractivity contribution in [2.24, 2.45) is 0 Å². The van der Waals surface area contributed by atoms with Gasteiger partial charge in [0, 0.05) is 31.5 Å². The van der Waals surface area contributed by atoms with Gasteiger partial charge in [-0.2, -0.15) is 0 Å². The number of hydrogen-bond acceptors (Lipinski definition) is 7. The average molecular weight is 432 g/mol. The van der Waals surface area contributed by atoms with Crippen molar-refractivity contribution in [3.8, 4) is 17.3 Å². The summed E-state index contributed by atoms with van der Waals surface area (Å²) in [5, 5.41) is 11.3. The van der Waals surface area contributed by atoms with E-state index >= 15 is 0 Å². The van der Waals surface area contributed by atoms with E-state index in [1.165, 1.54) is 6.07 Å². The van der Waals surface area contributed by atoms with Gasteiger partial charge in [-0.25, -0.2) is 13.1 Å². The van der Waals surface area contributed by atoms with E-state index in [9.17, 15) is 8.42 Å². The number of nitrogens with one attached hydrogen (secondary N) is 2. The molecule has 0 spiro atoms. The SMILES string of the molecule is CCOc1ccc(OCC)c(S(=O)(=O)NCCNc2ccc(-n3cccc3)nn2)c1. The molecule has 10 heteroatoms. The summed E-state index contributed by atoms with van der Waals surface area (Å²) in [6.07, 6.45) is 3.76. The van der Waals surface area contributed by atoms with Crippen molar-refractivity contribution in [3.63, 3.8) is 0 Å². The third-order valence-electron chi connectivity index (χ3n) is 4.06. The van der Waals surface area contributed by atoms with Crippen LogP contribution in [0.5, 0.6) is 11.5 Å². The van der Waals surface area contributed by atoms with Crippen LogP contribution in [0.25, 0.3) is 5.82 Å².